The Hall–Kier alpha value is -1.95. The van der Waals surface area contributed by atoms with E-state index in [4.69, 9.17) is 10.5 Å². The number of rotatable bonds is 2. The number of hydrogen-bond donors (Lipinski definition) is 1. The number of carbonyl (C=O) groups excluding carboxylic acids is 1. The van der Waals surface area contributed by atoms with Crippen LogP contribution in [0.3, 0.4) is 0 Å². The summed E-state index contributed by atoms with van der Waals surface area (Å²) in [6.07, 6.45) is 1.16. The number of ether oxygens (including phenoxy) is 1. The van der Waals surface area contributed by atoms with Crippen LogP contribution in [-0.4, -0.2) is 18.1 Å². The number of benzene rings is 1. The van der Waals surface area contributed by atoms with Gasteiger partial charge in [-0.3, -0.25) is 4.79 Å². The van der Waals surface area contributed by atoms with Crippen molar-refractivity contribution in [1.82, 2.24) is 4.98 Å². The highest BCUT2D eigenvalue weighted by Gasteiger charge is 2.51. The molecule has 1 atom stereocenters. The van der Waals surface area contributed by atoms with Crippen LogP contribution >= 0.6 is 11.3 Å². The monoisotopic (exact) mass is 306 g/mol. The van der Waals surface area contributed by atoms with Gasteiger partial charge >= 0.3 is 5.97 Å². The number of hydrogen-bond acceptors (Lipinski definition) is 5. The highest BCUT2D eigenvalue weighted by molar-refractivity contribution is 7.15. The summed E-state index contributed by atoms with van der Waals surface area (Å²) in [5.74, 6) is -0.722. The molecule has 1 heterocycles. The molecule has 0 bridgehead atoms. The van der Waals surface area contributed by atoms with Crippen LogP contribution in [0.25, 0.3) is 0 Å². The summed E-state index contributed by atoms with van der Waals surface area (Å²) in [6.45, 7) is 1.68. The fourth-order valence-electron chi connectivity index (χ4n) is 3.10. The van der Waals surface area contributed by atoms with E-state index in [1.54, 1.807) is 19.1 Å². The predicted octanol–water partition coefficient (Wildman–Crippen LogP) is 2.58. The van der Waals surface area contributed by atoms with Crippen molar-refractivity contribution in [3.8, 4) is 0 Å². The van der Waals surface area contributed by atoms with Crippen LogP contribution in [0.15, 0.2) is 18.2 Å². The second-order valence-electron chi connectivity index (χ2n) is 5.14. The summed E-state index contributed by atoms with van der Waals surface area (Å²) in [6, 6.07) is 4.78. The first-order chi connectivity index (χ1) is 10.0. The molecule has 0 amide bonds. The van der Waals surface area contributed by atoms with Crippen molar-refractivity contribution >= 4 is 22.4 Å². The molecule has 1 aliphatic carbocycles. The second-order valence-corrected chi connectivity index (χ2v) is 6.17. The van der Waals surface area contributed by atoms with E-state index >= 15 is 0 Å². The molecule has 0 saturated heterocycles. The largest absolute Gasteiger partial charge is 0.468 e. The van der Waals surface area contributed by atoms with Crippen molar-refractivity contribution in [2.45, 2.75) is 25.2 Å². The number of anilines is 1. The Kier molecular flexibility index (Phi) is 3.20. The Labute approximate surface area is 125 Å². The first-order valence-electron chi connectivity index (χ1n) is 6.60. The van der Waals surface area contributed by atoms with E-state index in [9.17, 15) is 9.18 Å². The fourth-order valence-corrected chi connectivity index (χ4v) is 4.20. The summed E-state index contributed by atoms with van der Waals surface area (Å²) in [5, 5.41) is 0.419. The lowest BCUT2D eigenvalue weighted by Gasteiger charge is -2.28. The Bertz CT molecular complexity index is 728. The number of aryl methyl sites for hydroxylation is 1. The summed E-state index contributed by atoms with van der Waals surface area (Å²) >= 11 is 1.28. The Balaban J connectivity index is 2.30. The third kappa shape index (κ3) is 1.86. The van der Waals surface area contributed by atoms with E-state index < -0.39 is 11.4 Å². The van der Waals surface area contributed by atoms with Crippen molar-refractivity contribution in [2.24, 2.45) is 0 Å². The number of halogens is 1. The highest BCUT2D eigenvalue weighted by atomic mass is 32.1. The van der Waals surface area contributed by atoms with Crippen LogP contribution in [0.4, 0.5) is 9.52 Å². The Morgan fingerprint density at radius 2 is 2.29 bits per heavy atom. The number of nitrogen functional groups attached to an aromatic ring is 1. The average molecular weight is 306 g/mol. The molecule has 1 aromatic heterocycles. The van der Waals surface area contributed by atoms with Crippen LogP contribution in [-0.2, 0) is 21.4 Å². The maximum absolute atomic E-state index is 14.0. The normalized spacial score (nSPS) is 20.3. The third-order valence-electron chi connectivity index (χ3n) is 4.10. The van der Waals surface area contributed by atoms with Gasteiger partial charge in [-0.25, -0.2) is 9.37 Å². The molecular weight excluding hydrogens is 291 g/mol. The van der Waals surface area contributed by atoms with E-state index in [1.165, 1.54) is 24.5 Å². The lowest BCUT2D eigenvalue weighted by molar-refractivity contribution is -0.145. The number of esters is 1. The molecule has 6 heteroatoms. The van der Waals surface area contributed by atoms with Crippen molar-refractivity contribution in [2.75, 3.05) is 12.8 Å². The predicted molar refractivity (Wildman–Crippen MR) is 78.8 cm³/mol. The van der Waals surface area contributed by atoms with Crippen molar-refractivity contribution in [3.63, 3.8) is 0 Å². The Morgan fingerprint density at radius 3 is 3.00 bits per heavy atom. The van der Waals surface area contributed by atoms with Gasteiger partial charge in [0, 0.05) is 0 Å². The quantitative estimate of drug-likeness (QED) is 0.866. The molecule has 110 valence electrons. The zero-order valence-corrected chi connectivity index (χ0v) is 12.6. The summed E-state index contributed by atoms with van der Waals surface area (Å²) in [7, 11) is 1.35. The van der Waals surface area contributed by atoms with Crippen LogP contribution in [0.1, 0.15) is 28.1 Å². The molecule has 3 rings (SSSR count). The third-order valence-corrected chi connectivity index (χ3v) is 5.19. The van der Waals surface area contributed by atoms with Crippen molar-refractivity contribution in [1.29, 1.82) is 0 Å². The number of methoxy groups -OCH3 is 1. The van der Waals surface area contributed by atoms with Crippen molar-refractivity contribution < 1.29 is 13.9 Å². The topological polar surface area (TPSA) is 65.2 Å². The number of thiazole rings is 1. The standard InChI is InChI=1S/C15H15FN2O2S/c1-8-9(4-3-5-10(8)16)15(13(19)20-2)7-6-11-12(15)21-14(17)18-11/h3-5H,6-7H2,1-2H3,(H2,17,18). The van der Waals surface area contributed by atoms with Gasteiger partial charge in [-0.1, -0.05) is 12.1 Å². The summed E-state index contributed by atoms with van der Waals surface area (Å²) < 4.78 is 19.0. The van der Waals surface area contributed by atoms with Crippen LogP contribution in [0, 0.1) is 12.7 Å². The molecular formula is C15H15FN2O2S. The van der Waals surface area contributed by atoms with Gasteiger partial charge in [0.2, 0.25) is 0 Å². The average Bonchev–Trinajstić information content (AvgIpc) is 2.99. The number of carbonyl (C=O) groups is 1. The maximum Gasteiger partial charge on any atom is 0.321 e. The van der Waals surface area contributed by atoms with Gasteiger partial charge in [0.1, 0.15) is 11.2 Å². The van der Waals surface area contributed by atoms with E-state index in [0.29, 0.717) is 29.1 Å². The first kappa shape index (κ1) is 14.0. The van der Waals surface area contributed by atoms with Crippen LogP contribution < -0.4 is 5.73 Å². The van der Waals surface area contributed by atoms with Gasteiger partial charge in [-0.2, -0.15) is 0 Å². The number of fused-ring (bicyclic) bond motifs is 1. The molecule has 1 aliphatic rings. The fraction of sp³-hybridized carbons (Fsp3) is 0.333. The highest BCUT2D eigenvalue weighted by Crippen LogP contribution is 2.49. The van der Waals surface area contributed by atoms with Gasteiger partial charge in [-0.05, 0) is 37.0 Å². The molecule has 0 aliphatic heterocycles. The van der Waals surface area contributed by atoms with E-state index in [-0.39, 0.29) is 5.82 Å². The first-order valence-corrected chi connectivity index (χ1v) is 7.42. The molecule has 2 aromatic rings. The van der Waals surface area contributed by atoms with Gasteiger partial charge in [0.25, 0.3) is 0 Å². The van der Waals surface area contributed by atoms with Gasteiger partial charge in [0.05, 0.1) is 17.7 Å². The van der Waals surface area contributed by atoms with Crippen molar-refractivity contribution in [3.05, 3.63) is 45.7 Å². The number of nitrogens with zero attached hydrogens (tertiary/aromatic N) is 1. The van der Waals surface area contributed by atoms with E-state index in [0.717, 1.165) is 10.6 Å². The molecule has 0 spiro atoms. The molecule has 0 saturated carbocycles. The molecule has 4 nitrogen and oxygen atoms in total. The van der Waals surface area contributed by atoms with Crippen LogP contribution in [0.5, 0.6) is 0 Å². The van der Waals surface area contributed by atoms with Gasteiger partial charge < -0.3 is 10.5 Å². The minimum Gasteiger partial charge on any atom is -0.468 e. The zero-order chi connectivity index (χ0) is 15.2. The van der Waals surface area contributed by atoms with E-state index in [1.807, 2.05) is 0 Å². The van der Waals surface area contributed by atoms with E-state index in [2.05, 4.69) is 4.98 Å². The smallest absolute Gasteiger partial charge is 0.321 e. The SMILES string of the molecule is COC(=O)C1(c2cccc(F)c2C)CCc2nc(N)sc21. The lowest BCUT2D eigenvalue weighted by atomic mass is 9.77. The molecule has 2 N–H and O–H groups in total. The number of aromatic nitrogens is 1. The zero-order valence-electron chi connectivity index (χ0n) is 11.8. The minimum atomic E-state index is -0.994. The molecule has 1 unspecified atom stereocenters. The van der Waals surface area contributed by atoms with Crippen LogP contribution in [0.2, 0.25) is 0 Å². The molecule has 1 aromatic carbocycles. The lowest BCUT2D eigenvalue weighted by Crippen LogP contribution is -2.36. The molecule has 21 heavy (non-hydrogen) atoms. The summed E-state index contributed by atoms with van der Waals surface area (Å²) in [5.41, 5.74) is 6.69. The Morgan fingerprint density at radius 1 is 1.52 bits per heavy atom. The summed E-state index contributed by atoms with van der Waals surface area (Å²) in [4.78, 5) is 17.6. The minimum absolute atomic E-state index is 0.332. The maximum atomic E-state index is 14.0. The van der Waals surface area contributed by atoms with Gasteiger partial charge in [0.15, 0.2) is 5.13 Å². The number of nitrogens with two attached hydrogens (primary N) is 1. The van der Waals surface area contributed by atoms with Gasteiger partial charge in [-0.15, -0.1) is 11.3 Å². The second kappa shape index (κ2) is 4.80. The molecule has 0 radical (unpaired) electrons. The molecule has 0 fully saturated rings.